The lowest BCUT2D eigenvalue weighted by Crippen LogP contribution is -2.46. The molecule has 0 bridgehead atoms. The van der Waals surface area contributed by atoms with Gasteiger partial charge >= 0.3 is 5.97 Å². The molecule has 1 aromatic rings. The predicted molar refractivity (Wildman–Crippen MR) is 58.7 cm³/mol. The number of aromatic nitrogens is 2. The fourth-order valence-corrected chi connectivity index (χ4v) is 1.30. The van der Waals surface area contributed by atoms with Gasteiger partial charge in [-0.1, -0.05) is 0 Å². The minimum absolute atomic E-state index is 0.367. The van der Waals surface area contributed by atoms with E-state index in [1.807, 2.05) is 0 Å². The maximum Gasteiger partial charge on any atom is 0.337 e. The molecular formula is C10H15N3O4. The molecule has 1 rings (SSSR count). The summed E-state index contributed by atoms with van der Waals surface area (Å²) in [6, 6.07) is 0. The van der Waals surface area contributed by atoms with E-state index >= 15 is 0 Å². The van der Waals surface area contributed by atoms with Crippen molar-refractivity contribution in [1.29, 1.82) is 0 Å². The first-order valence-electron chi connectivity index (χ1n) is 5.01. The third-order valence-electron chi connectivity index (χ3n) is 2.41. The number of carbonyl (C=O) groups is 2. The number of aryl methyl sites for hydroxylation is 2. The van der Waals surface area contributed by atoms with Crippen molar-refractivity contribution >= 4 is 11.9 Å². The Morgan fingerprint density at radius 3 is 2.47 bits per heavy atom. The average molecular weight is 241 g/mol. The maximum absolute atomic E-state index is 11.7. The van der Waals surface area contributed by atoms with Crippen LogP contribution >= 0.6 is 0 Å². The molecule has 1 unspecified atom stereocenters. The number of aliphatic hydroxyl groups is 1. The van der Waals surface area contributed by atoms with Gasteiger partial charge in [0.15, 0.2) is 5.60 Å². The minimum atomic E-state index is -1.98. The number of rotatable bonds is 4. The van der Waals surface area contributed by atoms with Gasteiger partial charge < -0.3 is 15.5 Å². The Morgan fingerprint density at radius 1 is 1.47 bits per heavy atom. The lowest BCUT2D eigenvalue weighted by atomic mass is 10.1. The molecule has 0 aromatic carbocycles. The van der Waals surface area contributed by atoms with Crippen LogP contribution in [0.25, 0.3) is 0 Å². The van der Waals surface area contributed by atoms with E-state index in [2.05, 4.69) is 15.5 Å². The van der Waals surface area contributed by atoms with Crippen LogP contribution in [0.4, 0.5) is 0 Å². The van der Waals surface area contributed by atoms with E-state index < -0.39 is 17.5 Å². The van der Waals surface area contributed by atoms with Gasteiger partial charge in [-0.25, -0.2) is 4.79 Å². The monoisotopic (exact) mass is 241 g/mol. The smallest absolute Gasteiger partial charge is 0.337 e. The summed E-state index contributed by atoms with van der Waals surface area (Å²) in [5.41, 5.74) is -0.502. The molecule has 94 valence electrons. The molecule has 0 fully saturated rings. The minimum Gasteiger partial charge on any atom is -0.479 e. The molecule has 1 atom stereocenters. The fraction of sp³-hybridized carbons (Fsp3) is 0.500. The molecule has 0 aliphatic carbocycles. The van der Waals surface area contributed by atoms with Gasteiger partial charge in [0, 0.05) is 5.69 Å². The largest absolute Gasteiger partial charge is 0.479 e. The summed E-state index contributed by atoms with van der Waals surface area (Å²) in [7, 11) is 0. The zero-order valence-corrected chi connectivity index (χ0v) is 9.87. The molecule has 1 aromatic heterocycles. The van der Waals surface area contributed by atoms with Crippen molar-refractivity contribution in [2.75, 3.05) is 6.54 Å². The number of carboxylic acid groups (broad SMARTS) is 1. The average Bonchev–Trinajstić information content (AvgIpc) is 2.55. The van der Waals surface area contributed by atoms with Crippen LogP contribution in [-0.2, 0) is 4.79 Å². The number of hydrogen-bond acceptors (Lipinski definition) is 4. The number of nitrogens with one attached hydrogen (secondary N) is 2. The molecule has 1 amide bonds. The van der Waals surface area contributed by atoms with Crippen LogP contribution in [0, 0.1) is 13.8 Å². The van der Waals surface area contributed by atoms with Crippen LogP contribution in [0.1, 0.15) is 28.7 Å². The Morgan fingerprint density at radius 2 is 2.06 bits per heavy atom. The number of aromatic amines is 1. The van der Waals surface area contributed by atoms with Crippen molar-refractivity contribution in [3.05, 3.63) is 17.0 Å². The van der Waals surface area contributed by atoms with Gasteiger partial charge in [-0.05, 0) is 20.8 Å². The van der Waals surface area contributed by atoms with Gasteiger partial charge in [-0.2, -0.15) is 5.10 Å². The third kappa shape index (κ3) is 2.82. The molecule has 7 nitrogen and oxygen atoms in total. The van der Waals surface area contributed by atoms with E-state index in [1.165, 1.54) is 0 Å². The lowest BCUT2D eigenvalue weighted by Gasteiger charge is -2.18. The van der Waals surface area contributed by atoms with E-state index in [1.54, 1.807) is 13.8 Å². The number of carboxylic acids is 1. The molecule has 1 heterocycles. The first kappa shape index (κ1) is 13.2. The summed E-state index contributed by atoms with van der Waals surface area (Å²) in [5, 5.41) is 27.0. The molecule has 7 heteroatoms. The molecule has 0 radical (unpaired) electrons. The highest BCUT2D eigenvalue weighted by atomic mass is 16.4. The Kier molecular flexibility index (Phi) is 3.52. The van der Waals surface area contributed by atoms with Crippen LogP contribution in [0.2, 0.25) is 0 Å². The second kappa shape index (κ2) is 4.54. The van der Waals surface area contributed by atoms with Crippen LogP contribution < -0.4 is 5.32 Å². The second-order valence-electron chi connectivity index (χ2n) is 4.07. The molecule has 0 spiro atoms. The van der Waals surface area contributed by atoms with Crippen molar-refractivity contribution < 1.29 is 19.8 Å². The van der Waals surface area contributed by atoms with Crippen LogP contribution in [-0.4, -0.2) is 44.4 Å². The lowest BCUT2D eigenvalue weighted by molar-refractivity contribution is -0.155. The maximum atomic E-state index is 11.7. The summed E-state index contributed by atoms with van der Waals surface area (Å²) in [6.07, 6.45) is 0. The fourth-order valence-electron chi connectivity index (χ4n) is 1.30. The van der Waals surface area contributed by atoms with Gasteiger partial charge in [0.1, 0.15) is 0 Å². The second-order valence-corrected chi connectivity index (χ2v) is 4.07. The highest BCUT2D eigenvalue weighted by molar-refractivity contribution is 5.96. The molecule has 4 N–H and O–H groups in total. The first-order chi connectivity index (χ1) is 7.75. The first-order valence-corrected chi connectivity index (χ1v) is 5.01. The van der Waals surface area contributed by atoms with Gasteiger partial charge in [0.25, 0.3) is 5.91 Å². The predicted octanol–water partition coefficient (Wildman–Crippen LogP) is -0.408. The van der Waals surface area contributed by atoms with E-state index in [9.17, 15) is 14.7 Å². The third-order valence-corrected chi connectivity index (χ3v) is 2.41. The standard InChI is InChI=1S/C10H15N3O4/c1-5-7(6(2)13-12-5)8(14)11-4-10(3,17)9(15)16/h17H,4H2,1-3H3,(H,11,14)(H,12,13)(H,15,16). The molecule has 17 heavy (non-hydrogen) atoms. The summed E-state index contributed by atoms with van der Waals surface area (Å²) in [5.74, 6) is -1.85. The van der Waals surface area contributed by atoms with Crippen molar-refractivity contribution in [2.24, 2.45) is 0 Å². The molecule has 0 aliphatic rings. The van der Waals surface area contributed by atoms with Gasteiger partial charge in [-0.3, -0.25) is 9.89 Å². The quantitative estimate of drug-likeness (QED) is 0.572. The van der Waals surface area contributed by atoms with Crippen molar-refractivity contribution in [3.8, 4) is 0 Å². The zero-order chi connectivity index (χ0) is 13.2. The van der Waals surface area contributed by atoms with Crippen molar-refractivity contribution in [3.63, 3.8) is 0 Å². The molecule has 0 saturated heterocycles. The van der Waals surface area contributed by atoms with E-state index in [0.717, 1.165) is 6.92 Å². The van der Waals surface area contributed by atoms with Crippen LogP contribution in [0.5, 0.6) is 0 Å². The van der Waals surface area contributed by atoms with E-state index in [-0.39, 0.29) is 6.54 Å². The number of hydrogen-bond donors (Lipinski definition) is 4. The molecule has 0 saturated carbocycles. The number of carbonyl (C=O) groups excluding carboxylic acids is 1. The van der Waals surface area contributed by atoms with Gasteiger partial charge in [0.05, 0.1) is 17.8 Å². The molecular weight excluding hydrogens is 226 g/mol. The Balaban J connectivity index is 2.72. The Labute approximate surface area is 97.8 Å². The Hall–Kier alpha value is -1.89. The number of nitrogens with zero attached hydrogens (tertiary/aromatic N) is 1. The van der Waals surface area contributed by atoms with Crippen molar-refractivity contribution in [2.45, 2.75) is 26.4 Å². The summed E-state index contributed by atoms with van der Waals surface area (Å²) >= 11 is 0. The number of aliphatic carboxylic acids is 1. The van der Waals surface area contributed by atoms with Gasteiger partial charge in [0.2, 0.25) is 0 Å². The highest BCUT2D eigenvalue weighted by Gasteiger charge is 2.30. The number of amides is 1. The van der Waals surface area contributed by atoms with Crippen LogP contribution in [0.15, 0.2) is 0 Å². The highest BCUT2D eigenvalue weighted by Crippen LogP contribution is 2.09. The topological polar surface area (TPSA) is 115 Å². The normalized spacial score (nSPS) is 14.1. The van der Waals surface area contributed by atoms with Crippen molar-refractivity contribution in [1.82, 2.24) is 15.5 Å². The van der Waals surface area contributed by atoms with Crippen LogP contribution in [0.3, 0.4) is 0 Å². The summed E-state index contributed by atoms with van der Waals surface area (Å²) in [6.45, 7) is 4.09. The zero-order valence-electron chi connectivity index (χ0n) is 9.87. The van der Waals surface area contributed by atoms with Gasteiger partial charge in [-0.15, -0.1) is 0 Å². The molecule has 0 aliphatic heterocycles. The Bertz CT molecular complexity index is 431. The summed E-state index contributed by atoms with van der Waals surface area (Å²) in [4.78, 5) is 22.4. The number of H-pyrrole nitrogens is 1. The van der Waals surface area contributed by atoms with E-state index in [0.29, 0.717) is 17.0 Å². The van der Waals surface area contributed by atoms with E-state index in [4.69, 9.17) is 5.11 Å². The SMILES string of the molecule is Cc1n[nH]c(C)c1C(=O)NCC(C)(O)C(=O)O. The summed E-state index contributed by atoms with van der Waals surface area (Å²) < 4.78 is 0.